The Morgan fingerprint density at radius 1 is 0.829 bits per heavy atom. The largest absolute Gasteiger partial charge is 0.748 e. The molecule has 1 unspecified atom stereocenters. The van der Waals surface area contributed by atoms with Crippen molar-refractivity contribution < 1.29 is 72.9 Å². The standard InChI is InChI=1S/C46H70N6O15S3/c1-45(2,3)39-33-36(67-42-32-35(15-17-38(39)42)51(20-11-31-69(57,58)59)22-23-64-26-27-66-29-28-65-25-24-63-5)12-9-13-43-46(4,19-10-30-68(54,55)56)40-34-37(70(60,61)62)16-18-41(40)52(43)21-8-6-7-14-44(53)48-50-49-47/h9,12-13,15-18,32-34,49-50H,6-8,10-11,14,19-31,47H2,1-5H3,(H3-,48,53,54,55,56,57,58,59,60,61,62)/p-1. The van der Waals surface area contributed by atoms with Crippen molar-refractivity contribution in [2.45, 2.75) is 88.4 Å². The number of anilines is 1. The molecule has 2 aliphatic heterocycles. The van der Waals surface area contributed by atoms with Crippen LogP contribution in [0.5, 0.6) is 0 Å². The van der Waals surface area contributed by atoms with Gasteiger partial charge in [0.15, 0.2) is 6.54 Å². The second-order valence-electron chi connectivity index (χ2n) is 18.0. The van der Waals surface area contributed by atoms with Crippen LogP contribution in [0.1, 0.15) is 89.5 Å². The summed E-state index contributed by atoms with van der Waals surface area (Å²) in [4.78, 5) is 13.7. The van der Waals surface area contributed by atoms with Gasteiger partial charge in [-0.2, -0.15) is 0 Å². The average Bonchev–Trinajstić information content (AvgIpc) is 3.50. The van der Waals surface area contributed by atoms with Gasteiger partial charge in [-0.3, -0.25) is 16.1 Å². The van der Waals surface area contributed by atoms with E-state index in [-0.39, 0.29) is 50.2 Å². The molecule has 21 nitrogen and oxygen atoms in total. The number of nitrogens with zero attached hydrogens (tertiary/aromatic N) is 2. The van der Waals surface area contributed by atoms with Crippen LogP contribution in [0.15, 0.2) is 69.6 Å². The van der Waals surface area contributed by atoms with Gasteiger partial charge in [-0.25, -0.2) is 29.8 Å². The molecular weight excluding hydrogens is 973 g/mol. The molecule has 2 heterocycles. The Morgan fingerprint density at radius 3 is 2.11 bits per heavy atom. The lowest BCUT2D eigenvalue weighted by atomic mass is 9.77. The summed E-state index contributed by atoms with van der Waals surface area (Å²) in [5, 5.41) is 0.706. The molecule has 70 heavy (non-hydrogen) atoms. The SMILES string of the molecule is COCCOCCOCCOCC[N+](CCCS(=O)(=O)[O-])=c1ccc2c(C(C)(C)C)cc(/C=C/C=C3/N(CCCCCC(=O)NNN[NH3+])c4ccc(S(=O)(=O)[O-])cc4C3(C)CCCS(=O)(=O)[O-])oc-2c1. The van der Waals surface area contributed by atoms with Gasteiger partial charge in [0.05, 0.1) is 70.8 Å². The highest BCUT2D eigenvalue weighted by Crippen LogP contribution is 2.51. The molecule has 1 aromatic carbocycles. The summed E-state index contributed by atoms with van der Waals surface area (Å²) in [5.41, 5.74) is 9.38. The summed E-state index contributed by atoms with van der Waals surface area (Å²) >= 11 is 0. The Kier molecular flexibility index (Phi) is 22.6. The van der Waals surface area contributed by atoms with Crippen molar-refractivity contribution in [3.05, 3.63) is 82.6 Å². The van der Waals surface area contributed by atoms with Gasteiger partial charge in [-0.1, -0.05) is 38.8 Å². The molecule has 0 aromatic heterocycles. The molecule has 4 rings (SSSR count). The lowest BCUT2D eigenvalue weighted by molar-refractivity contribution is -0.459. The number of hydrogen-bond acceptors (Lipinski definition) is 18. The van der Waals surface area contributed by atoms with Crippen molar-refractivity contribution in [1.29, 1.82) is 0 Å². The summed E-state index contributed by atoms with van der Waals surface area (Å²) in [6, 6.07) is 11.7. The number of rotatable bonds is 31. The molecule has 392 valence electrons. The fourth-order valence-corrected chi connectivity index (χ4v) is 9.67. The molecule has 0 saturated heterocycles. The molecular formula is C46H69N6O15S3-. The topological polar surface area (TPSA) is 309 Å². The Hall–Kier alpha value is -4.15. The first-order chi connectivity index (χ1) is 33.0. The highest BCUT2D eigenvalue weighted by atomic mass is 32.2. The third-order valence-electron chi connectivity index (χ3n) is 11.6. The first kappa shape index (κ1) is 58.4. The van der Waals surface area contributed by atoms with E-state index in [1.807, 2.05) is 46.7 Å². The van der Waals surface area contributed by atoms with Crippen LogP contribution in [0.3, 0.4) is 0 Å². The number of quaternary nitrogens is 1. The number of hydrogen-bond donors (Lipinski definition) is 4. The second kappa shape index (κ2) is 27.1. The Morgan fingerprint density at radius 2 is 1.49 bits per heavy atom. The van der Waals surface area contributed by atoms with E-state index >= 15 is 0 Å². The molecule has 1 aromatic rings. The molecule has 0 spiro atoms. The summed E-state index contributed by atoms with van der Waals surface area (Å²) in [6.07, 6.45) is 7.51. The van der Waals surface area contributed by atoms with Crippen molar-refractivity contribution in [2.24, 2.45) is 0 Å². The van der Waals surface area contributed by atoms with Crippen LogP contribution in [0, 0.1) is 0 Å². The smallest absolute Gasteiger partial charge is 0.235 e. The Bertz CT molecular complexity index is 2630. The number of nitrogens with one attached hydrogen (secondary N) is 3. The number of hydrazine groups is 2. The number of carbonyl (C=O) groups is 1. The number of allylic oxidation sites excluding steroid dienone is 3. The van der Waals surface area contributed by atoms with Crippen molar-refractivity contribution >= 4 is 48.0 Å². The number of fused-ring (bicyclic) bond motifs is 2. The first-order valence-electron chi connectivity index (χ1n) is 23.1. The second-order valence-corrected chi connectivity index (χ2v) is 22.4. The molecule has 1 aliphatic carbocycles. The fraction of sp³-hybridized carbons (Fsp3) is 0.565. The van der Waals surface area contributed by atoms with Crippen LogP contribution >= 0.6 is 0 Å². The predicted molar refractivity (Wildman–Crippen MR) is 258 cm³/mol. The number of amides is 1. The summed E-state index contributed by atoms with van der Waals surface area (Å²) < 4.78 is 137. The van der Waals surface area contributed by atoms with E-state index in [9.17, 15) is 43.7 Å². The van der Waals surface area contributed by atoms with Gasteiger partial charge in [0.2, 0.25) is 11.3 Å². The van der Waals surface area contributed by atoms with E-state index in [1.165, 1.54) is 12.1 Å². The van der Waals surface area contributed by atoms with Gasteiger partial charge in [-0.15, -0.1) is 5.53 Å². The van der Waals surface area contributed by atoms with Crippen molar-refractivity contribution in [1.82, 2.24) is 21.1 Å². The number of carbonyl (C=O) groups excluding carboxylic acids is 1. The molecule has 1 atom stereocenters. The van der Waals surface area contributed by atoms with E-state index in [0.717, 1.165) is 11.1 Å². The molecule has 3 aliphatic rings. The molecule has 0 saturated carbocycles. The van der Waals surface area contributed by atoms with E-state index in [1.54, 1.807) is 25.3 Å². The lowest BCUT2D eigenvalue weighted by Gasteiger charge is -2.31. The zero-order valence-electron chi connectivity index (χ0n) is 40.7. The minimum atomic E-state index is -4.88. The molecule has 24 heteroatoms. The molecule has 0 radical (unpaired) electrons. The van der Waals surface area contributed by atoms with Gasteiger partial charge in [0.25, 0.3) is 0 Å². The zero-order chi connectivity index (χ0) is 51.6. The first-order valence-corrected chi connectivity index (χ1v) is 27.6. The van der Waals surface area contributed by atoms with Crippen LogP contribution in [-0.2, 0) is 64.9 Å². The Labute approximate surface area is 412 Å². The normalized spacial score (nSPS) is 16.7. The van der Waals surface area contributed by atoms with Crippen LogP contribution in [0.2, 0.25) is 0 Å². The van der Waals surface area contributed by atoms with Crippen LogP contribution in [-0.4, -0.2) is 129 Å². The van der Waals surface area contributed by atoms with Crippen LogP contribution in [0.4, 0.5) is 5.69 Å². The summed E-state index contributed by atoms with van der Waals surface area (Å²) in [7, 11) is -12.3. The monoisotopic (exact) mass is 1040 g/mol. The third kappa shape index (κ3) is 18.8. The van der Waals surface area contributed by atoms with Crippen molar-refractivity contribution in [3.8, 4) is 11.3 Å². The number of methoxy groups -OCH3 is 1. The summed E-state index contributed by atoms with van der Waals surface area (Å²) in [5.74, 6) is 2.94. The molecule has 1 amide bonds. The van der Waals surface area contributed by atoms with Crippen LogP contribution in [0.25, 0.3) is 17.4 Å². The Balaban J connectivity index is 1.74. The highest BCUT2D eigenvalue weighted by molar-refractivity contribution is 7.86. The minimum absolute atomic E-state index is 0.0519. The maximum absolute atomic E-state index is 12.3. The maximum Gasteiger partial charge on any atom is 0.235 e. The molecule has 6 N–H and O–H groups in total. The molecule has 0 bridgehead atoms. The number of unbranched alkanes of at least 4 members (excludes halogenated alkanes) is 2. The van der Waals surface area contributed by atoms with E-state index in [0.29, 0.717) is 106 Å². The third-order valence-corrected chi connectivity index (χ3v) is 14.0. The van der Waals surface area contributed by atoms with Gasteiger partial charge < -0.3 is 41.9 Å². The molecule has 0 fully saturated rings. The lowest BCUT2D eigenvalue weighted by Crippen LogP contribution is -2.73. The van der Waals surface area contributed by atoms with E-state index < -0.39 is 52.2 Å². The van der Waals surface area contributed by atoms with E-state index in [4.69, 9.17) is 23.4 Å². The van der Waals surface area contributed by atoms with Gasteiger partial charge >= 0.3 is 0 Å². The summed E-state index contributed by atoms with van der Waals surface area (Å²) in [6.45, 7) is 11.8. The zero-order valence-corrected chi connectivity index (χ0v) is 43.1. The number of benzene rings is 2. The van der Waals surface area contributed by atoms with Crippen molar-refractivity contribution in [2.75, 3.05) is 89.4 Å². The van der Waals surface area contributed by atoms with Gasteiger partial charge in [0.1, 0.15) is 34.8 Å². The fourth-order valence-electron chi connectivity index (χ4n) is 8.19. The van der Waals surface area contributed by atoms with Gasteiger partial charge in [-0.05, 0) is 91.6 Å². The highest BCUT2D eigenvalue weighted by Gasteiger charge is 2.43. The minimum Gasteiger partial charge on any atom is -0.748 e. The van der Waals surface area contributed by atoms with E-state index in [2.05, 4.69) is 43.1 Å². The van der Waals surface area contributed by atoms with Crippen LogP contribution < -0.4 is 37.2 Å². The predicted octanol–water partition coefficient (Wildman–Crippen LogP) is 1.83. The maximum atomic E-state index is 12.3. The van der Waals surface area contributed by atoms with Crippen molar-refractivity contribution in [3.63, 3.8) is 0 Å². The average molecular weight is 1040 g/mol. The van der Waals surface area contributed by atoms with Gasteiger partial charge in [0, 0.05) is 66.4 Å². The number of ether oxygens (including phenoxy) is 4. The quantitative estimate of drug-likeness (QED) is 0.0309.